The third-order valence-electron chi connectivity index (χ3n) is 13.4. The molecule has 0 heterocycles. The summed E-state index contributed by atoms with van der Waals surface area (Å²) in [6, 6.07) is 0. The molecule has 0 spiro atoms. The first-order chi connectivity index (χ1) is 11.1. The molecule has 0 saturated heterocycles. The van der Waals surface area contributed by atoms with Crippen molar-refractivity contribution in [2.45, 2.75) is 13.0 Å². The molecule has 0 bridgehead atoms. The van der Waals surface area contributed by atoms with Gasteiger partial charge in [-0.1, -0.05) is 47.8 Å². The zero-order valence-electron chi connectivity index (χ0n) is 12.4. The number of hydrogen-bond donors (Lipinski definition) is 0. The average molecular weight is 497 g/mol. The molecular formula is C20H17Br3. The molecule has 20 unspecified atom stereocenters. The second-order valence-corrected chi connectivity index (χ2v) is 16.0. The zero-order valence-corrected chi connectivity index (χ0v) is 17.2. The quantitative estimate of drug-likeness (QED) is 0.444. The van der Waals surface area contributed by atoms with E-state index < -0.39 is 0 Å². The van der Waals surface area contributed by atoms with Crippen LogP contribution in [0.15, 0.2) is 0 Å². The maximum absolute atomic E-state index is 4.62. The van der Waals surface area contributed by atoms with Crippen molar-refractivity contribution in [3.05, 3.63) is 0 Å². The molecule has 0 aromatic heterocycles. The highest BCUT2D eigenvalue weighted by Crippen LogP contribution is 3.06. The first kappa shape index (κ1) is 11.3. The lowest BCUT2D eigenvalue weighted by atomic mass is 9.77. The SMILES string of the molecule is BrC12C3C4C5C6C7C4C4C3C3C1C1C(C6C6C7C4(Br)C3C16Br)C52. The second-order valence-electron chi connectivity index (χ2n) is 11.8. The fourth-order valence-corrected chi connectivity index (χ4v) is 21.0. The molecular weight excluding hydrogens is 480 g/mol. The Morgan fingerprint density at radius 1 is 0.348 bits per heavy atom. The van der Waals surface area contributed by atoms with Crippen molar-refractivity contribution in [3.63, 3.8) is 0 Å². The predicted octanol–water partition coefficient (Wildman–Crippen LogP) is 4.01. The summed E-state index contributed by atoms with van der Waals surface area (Å²) in [5.74, 6) is 19.0. The normalized spacial score (nSPS) is 105. The molecule has 12 aliphatic rings. The van der Waals surface area contributed by atoms with Crippen LogP contribution in [0.4, 0.5) is 0 Å². The minimum Gasteiger partial charge on any atom is -0.0844 e. The van der Waals surface area contributed by atoms with Gasteiger partial charge in [0.2, 0.25) is 0 Å². The minimum absolute atomic E-state index is 0.574. The lowest BCUT2D eigenvalue weighted by Gasteiger charge is -2.37. The summed E-state index contributed by atoms with van der Waals surface area (Å²) in [4.78, 5) is 0. The number of rotatable bonds is 0. The molecule has 20 atom stereocenters. The molecule has 0 aromatic carbocycles. The van der Waals surface area contributed by atoms with Gasteiger partial charge in [0.25, 0.3) is 0 Å². The van der Waals surface area contributed by atoms with Gasteiger partial charge in [0.1, 0.15) is 0 Å². The molecule has 0 nitrogen and oxygen atoms in total. The zero-order chi connectivity index (χ0) is 14.3. The van der Waals surface area contributed by atoms with Crippen LogP contribution in [0.3, 0.4) is 0 Å². The van der Waals surface area contributed by atoms with Crippen LogP contribution >= 0.6 is 47.8 Å². The van der Waals surface area contributed by atoms with Crippen LogP contribution in [0.2, 0.25) is 0 Å². The van der Waals surface area contributed by atoms with E-state index in [0.29, 0.717) is 13.0 Å². The second kappa shape index (κ2) is 2.38. The minimum atomic E-state index is 0.574. The number of alkyl halides is 3. The smallest absolute Gasteiger partial charge is 0.0371 e. The molecule has 12 rings (SSSR count). The standard InChI is InChI=1S/C20H17Br3/c21-18-10-2-1-3-6-5(2)11(18)8-9-16(18)15-7(10)4(1)14-13(3)19(22,12(6)8)17(9)20(14,15)23/h1-17H. The maximum Gasteiger partial charge on any atom is 0.0371 e. The van der Waals surface area contributed by atoms with Crippen LogP contribution < -0.4 is 0 Å². The van der Waals surface area contributed by atoms with Gasteiger partial charge in [0, 0.05) is 13.0 Å². The van der Waals surface area contributed by atoms with E-state index in [0.717, 1.165) is 71.0 Å². The largest absolute Gasteiger partial charge is 0.0844 e. The highest BCUT2D eigenvalue weighted by Gasteiger charge is 3.06. The van der Waals surface area contributed by atoms with Crippen molar-refractivity contribution >= 4 is 47.8 Å². The third-order valence-corrected chi connectivity index (χ3v) is 18.1. The Bertz CT molecular complexity index is 856. The Labute approximate surface area is 160 Å². The van der Waals surface area contributed by atoms with Crippen LogP contribution in [-0.2, 0) is 0 Å². The Morgan fingerprint density at radius 3 is 1.48 bits per heavy atom. The van der Waals surface area contributed by atoms with Crippen LogP contribution in [0, 0.1) is 101 Å². The van der Waals surface area contributed by atoms with Crippen LogP contribution in [0.1, 0.15) is 0 Å². The Kier molecular flexibility index (Phi) is 1.17. The first-order valence-electron chi connectivity index (χ1n) is 10.2. The van der Waals surface area contributed by atoms with Crippen molar-refractivity contribution < 1.29 is 0 Å². The van der Waals surface area contributed by atoms with Crippen molar-refractivity contribution in [2.75, 3.05) is 0 Å². The van der Waals surface area contributed by atoms with Gasteiger partial charge in [-0.25, -0.2) is 0 Å². The lowest BCUT2D eigenvalue weighted by molar-refractivity contribution is 0.199. The van der Waals surface area contributed by atoms with Gasteiger partial charge in [-0.2, -0.15) is 0 Å². The van der Waals surface area contributed by atoms with Gasteiger partial charge < -0.3 is 0 Å². The molecule has 0 aliphatic heterocycles. The number of halogens is 3. The molecule has 12 saturated carbocycles. The summed E-state index contributed by atoms with van der Waals surface area (Å²) in [6.45, 7) is 0. The molecule has 0 amide bonds. The van der Waals surface area contributed by atoms with Gasteiger partial charge in [-0.15, -0.1) is 0 Å². The van der Waals surface area contributed by atoms with E-state index in [2.05, 4.69) is 47.8 Å². The maximum atomic E-state index is 4.62. The monoisotopic (exact) mass is 494 g/mol. The van der Waals surface area contributed by atoms with Gasteiger partial charge in [-0.3, -0.25) is 0 Å². The van der Waals surface area contributed by atoms with Gasteiger partial charge in [0.05, 0.1) is 0 Å². The molecule has 12 aliphatic carbocycles. The third kappa shape index (κ3) is 0.554. The Morgan fingerprint density at radius 2 is 0.739 bits per heavy atom. The Hall–Kier alpha value is 1.44. The molecule has 23 heavy (non-hydrogen) atoms. The highest BCUT2D eigenvalue weighted by molar-refractivity contribution is 9.10. The summed E-state index contributed by atoms with van der Waals surface area (Å²) in [5.41, 5.74) is 0. The molecule has 12 fully saturated rings. The summed E-state index contributed by atoms with van der Waals surface area (Å²) in [5, 5.41) is 0. The van der Waals surface area contributed by atoms with E-state index in [1.165, 1.54) is 29.6 Å². The molecule has 3 heteroatoms. The molecule has 0 N–H and O–H groups in total. The fraction of sp³-hybridized carbons (Fsp3) is 1.00. The summed E-state index contributed by atoms with van der Waals surface area (Å²) < 4.78 is 1.78. The molecule has 118 valence electrons. The van der Waals surface area contributed by atoms with Crippen LogP contribution in [-0.4, -0.2) is 13.0 Å². The first-order valence-corrected chi connectivity index (χ1v) is 12.5. The molecule has 0 radical (unpaired) electrons. The van der Waals surface area contributed by atoms with E-state index in [1.807, 2.05) is 0 Å². The summed E-state index contributed by atoms with van der Waals surface area (Å²) >= 11 is 13.9. The van der Waals surface area contributed by atoms with Crippen LogP contribution in [0.25, 0.3) is 0 Å². The fourth-order valence-electron chi connectivity index (χ4n) is 15.2. The lowest BCUT2D eigenvalue weighted by Crippen LogP contribution is -2.41. The van der Waals surface area contributed by atoms with E-state index in [9.17, 15) is 0 Å². The topological polar surface area (TPSA) is 0 Å². The van der Waals surface area contributed by atoms with Crippen molar-refractivity contribution in [1.29, 1.82) is 0 Å². The van der Waals surface area contributed by atoms with E-state index in [4.69, 9.17) is 0 Å². The van der Waals surface area contributed by atoms with E-state index in [1.54, 1.807) is 0 Å². The van der Waals surface area contributed by atoms with Gasteiger partial charge >= 0.3 is 0 Å². The number of hydrogen-bond acceptors (Lipinski definition) is 0. The van der Waals surface area contributed by atoms with Crippen molar-refractivity contribution in [1.82, 2.24) is 0 Å². The van der Waals surface area contributed by atoms with E-state index >= 15 is 0 Å². The average Bonchev–Trinajstić information content (AvgIpc) is 3.19. The van der Waals surface area contributed by atoms with E-state index in [-0.39, 0.29) is 0 Å². The summed E-state index contributed by atoms with van der Waals surface area (Å²) in [7, 11) is 0. The Balaban J connectivity index is 1.48. The van der Waals surface area contributed by atoms with Crippen molar-refractivity contribution in [3.8, 4) is 0 Å². The summed E-state index contributed by atoms with van der Waals surface area (Å²) in [6.07, 6.45) is 0. The van der Waals surface area contributed by atoms with Crippen molar-refractivity contribution in [2.24, 2.45) is 101 Å². The molecule has 0 aromatic rings. The van der Waals surface area contributed by atoms with Crippen LogP contribution in [0.5, 0.6) is 0 Å². The highest BCUT2D eigenvalue weighted by atomic mass is 79.9. The van der Waals surface area contributed by atoms with Gasteiger partial charge in [0.15, 0.2) is 0 Å². The van der Waals surface area contributed by atoms with Gasteiger partial charge in [-0.05, 0) is 101 Å². The predicted molar refractivity (Wildman–Crippen MR) is 94.3 cm³/mol.